The molecular formula is C64H50N2. The predicted octanol–water partition coefficient (Wildman–Crippen LogP) is 16.5. The summed E-state index contributed by atoms with van der Waals surface area (Å²) in [5.41, 5.74) is 18.5. The summed E-state index contributed by atoms with van der Waals surface area (Å²) in [4.78, 5) is 2.51. The summed E-state index contributed by atoms with van der Waals surface area (Å²) in [7, 11) is 0. The summed E-state index contributed by atoms with van der Waals surface area (Å²) in [6, 6.07) is 69.0. The molecule has 4 aliphatic carbocycles. The average Bonchev–Trinajstić information content (AvgIpc) is 4.02. The molecule has 66 heavy (non-hydrogen) atoms. The molecule has 9 aromatic rings. The van der Waals surface area contributed by atoms with Gasteiger partial charge in [-0.25, -0.2) is 0 Å². The number of hydrogen-bond donors (Lipinski definition) is 0. The fraction of sp³-hybridized carbons (Fsp3) is 0.125. The monoisotopic (exact) mass is 846 g/mol. The zero-order valence-electron chi connectivity index (χ0n) is 37.4. The molecule has 0 saturated heterocycles. The Balaban J connectivity index is 1.03. The maximum atomic E-state index is 2.51. The molecule has 0 saturated carbocycles. The van der Waals surface area contributed by atoms with E-state index in [1.54, 1.807) is 0 Å². The minimum atomic E-state index is -0.597. The van der Waals surface area contributed by atoms with Crippen LogP contribution in [0.15, 0.2) is 231 Å². The first-order chi connectivity index (χ1) is 32.5. The highest BCUT2D eigenvalue weighted by atomic mass is 15.1. The van der Waals surface area contributed by atoms with Crippen molar-refractivity contribution in [2.45, 2.75) is 43.4 Å². The van der Waals surface area contributed by atoms with Crippen LogP contribution in [0.4, 0.5) is 17.1 Å². The van der Waals surface area contributed by atoms with Crippen LogP contribution in [0.3, 0.4) is 0 Å². The number of nitrogens with zero attached hydrogens (tertiary/aromatic N) is 2. The van der Waals surface area contributed by atoms with Crippen molar-refractivity contribution in [2.75, 3.05) is 4.90 Å². The highest BCUT2D eigenvalue weighted by Crippen LogP contribution is 2.59. The van der Waals surface area contributed by atoms with Crippen LogP contribution < -0.4 is 4.90 Å². The Kier molecular flexibility index (Phi) is 8.77. The molecule has 0 N–H and O–H groups in total. The molecule has 2 heteroatoms. The van der Waals surface area contributed by atoms with E-state index in [-0.39, 0.29) is 5.41 Å². The van der Waals surface area contributed by atoms with Crippen molar-refractivity contribution in [2.24, 2.45) is 5.92 Å². The van der Waals surface area contributed by atoms with Crippen molar-refractivity contribution in [1.82, 2.24) is 4.57 Å². The van der Waals surface area contributed by atoms with Crippen LogP contribution in [0.5, 0.6) is 0 Å². The van der Waals surface area contributed by atoms with E-state index < -0.39 is 5.41 Å². The van der Waals surface area contributed by atoms with Crippen LogP contribution >= 0.6 is 0 Å². The van der Waals surface area contributed by atoms with Gasteiger partial charge in [-0.05, 0) is 151 Å². The first-order valence-electron chi connectivity index (χ1n) is 23.6. The zero-order chi connectivity index (χ0) is 44.0. The van der Waals surface area contributed by atoms with Crippen LogP contribution in [0.1, 0.15) is 71.6 Å². The summed E-state index contributed by atoms with van der Waals surface area (Å²) < 4.78 is 2.37. The molecule has 2 unspecified atom stereocenters. The second kappa shape index (κ2) is 14.9. The van der Waals surface area contributed by atoms with Gasteiger partial charge in [0.1, 0.15) is 0 Å². The van der Waals surface area contributed by atoms with Crippen molar-refractivity contribution in [1.29, 1.82) is 0 Å². The highest BCUT2D eigenvalue weighted by Gasteiger charge is 2.47. The lowest BCUT2D eigenvalue weighted by molar-refractivity contribution is 0.415. The molecule has 1 heterocycles. The number of fused-ring (bicyclic) bond motifs is 9. The number of rotatable bonds is 7. The van der Waals surface area contributed by atoms with E-state index in [2.05, 4.69) is 254 Å². The molecule has 0 aliphatic heterocycles. The Morgan fingerprint density at radius 3 is 1.91 bits per heavy atom. The van der Waals surface area contributed by atoms with E-state index in [1.807, 2.05) is 0 Å². The smallest absolute Gasteiger partial charge is 0.0715 e. The topological polar surface area (TPSA) is 8.17 Å². The number of allylic oxidation sites excluding steroid dienone is 8. The molecule has 4 aliphatic rings. The van der Waals surface area contributed by atoms with Crippen molar-refractivity contribution in [3.05, 3.63) is 270 Å². The van der Waals surface area contributed by atoms with Gasteiger partial charge in [0, 0.05) is 40.3 Å². The second-order valence-electron chi connectivity index (χ2n) is 19.2. The molecule has 2 atom stereocenters. The van der Waals surface area contributed by atoms with Gasteiger partial charge in [-0.15, -0.1) is 0 Å². The number of benzene rings is 8. The van der Waals surface area contributed by atoms with Gasteiger partial charge < -0.3 is 9.47 Å². The lowest BCUT2D eigenvalue weighted by Crippen LogP contribution is -2.29. The van der Waals surface area contributed by atoms with E-state index in [1.165, 1.54) is 83.0 Å². The first-order valence-corrected chi connectivity index (χ1v) is 23.6. The molecule has 0 spiro atoms. The number of hydrogen-bond acceptors (Lipinski definition) is 1. The van der Waals surface area contributed by atoms with Crippen molar-refractivity contribution >= 4 is 44.3 Å². The molecule has 316 valence electrons. The molecule has 8 aromatic carbocycles. The quantitative estimate of drug-likeness (QED) is 0.155. The normalized spacial score (nSPS) is 18.2. The van der Waals surface area contributed by atoms with Gasteiger partial charge in [0.25, 0.3) is 0 Å². The largest absolute Gasteiger partial charge is 0.317 e. The fourth-order valence-corrected chi connectivity index (χ4v) is 12.3. The minimum absolute atomic E-state index is 0.00347. The zero-order valence-corrected chi connectivity index (χ0v) is 37.4. The summed E-state index contributed by atoms with van der Waals surface area (Å²) in [5, 5.41) is 3.80. The summed E-state index contributed by atoms with van der Waals surface area (Å²) >= 11 is 0. The Hall–Kier alpha value is -7.68. The lowest BCUT2D eigenvalue weighted by Gasteiger charge is -2.35. The van der Waals surface area contributed by atoms with E-state index >= 15 is 0 Å². The van der Waals surface area contributed by atoms with Gasteiger partial charge in [-0.1, -0.05) is 178 Å². The third-order valence-electron chi connectivity index (χ3n) is 15.5. The molecule has 0 fully saturated rings. The number of aromatic nitrogens is 1. The molecule has 2 nitrogen and oxygen atoms in total. The van der Waals surface area contributed by atoms with Crippen molar-refractivity contribution < 1.29 is 0 Å². The van der Waals surface area contributed by atoms with Crippen LogP contribution in [-0.2, 0) is 10.8 Å². The van der Waals surface area contributed by atoms with Gasteiger partial charge in [0.05, 0.1) is 10.9 Å². The first kappa shape index (κ1) is 38.8. The molecule has 0 bridgehead atoms. The van der Waals surface area contributed by atoms with Gasteiger partial charge in [-0.3, -0.25) is 0 Å². The molecular weight excluding hydrogens is 797 g/mol. The van der Waals surface area contributed by atoms with E-state index in [9.17, 15) is 0 Å². The maximum absolute atomic E-state index is 2.51. The second-order valence-corrected chi connectivity index (χ2v) is 19.2. The van der Waals surface area contributed by atoms with Crippen molar-refractivity contribution in [3.8, 4) is 16.8 Å². The Labute approximate surface area is 387 Å². The van der Waals surface area contributed by atoms with Gasteiger partial charge in [-0.2, -0.15) is 0 Å². The average molecular weight is 847 g/mol. The van der Waals surface area contributed by atoms with Crippen LogP contribution in [-0.4, -0.2) is 4.57 Å². The van der Waals surface area contributed by atoms with E-state index in [4.69, 9.17) is 0 Å². The summed E-state index contributed by atoms with van der Waals surface area (Å²) in [6.45, 7) is 4.89. The summed E-state index contributed by atoms with van der Waals surface area (Å²) in [6.07, 6.45) is 20.2. The maximum Gasteiger partial charge on any atom is 0.0715 e. The van der Waals surface area contributed by atoms with Gasteiger partial charge in [0.2, 0.25) is 0 Å². The number of anilines is 3. The standard InChI is InChI=1S/C64H50N2/c1-63(2)58-25-15-14-24-53(58)54-35-32-50(41-59(54)63)66(48-29-26-44(27-30-48)43-16-6-3-7-17-43)51-33-36-56-55-34-31-49(65-39-38-57-52-23-13-12-18-45(52)28-37-62(57)65)40-60(55)64(61(56)42-51,46-19-8-4-9-20-46)47-21-10-5-11-22-47/h3-16,18-24,26-43,58H,17,25H2,1-2H3. The Morgan fingerprint density at radius 2 is 1.17 bits per heavy atom. The highest BCUT2D eigenvalue weighted by molar-refractivity contribution is 6.07. The van der Waals surface area contributed by atoms with Crippen LogP contribution in [0.25, 0.3) is 44.1 Å². The molecule has 0 amide bonds. The predicted molar refractivity (Wildman–Crippen MR) is 277 cm³/mol. The van der Waals surface area contributed by atoms with Crippen LogP contribution in [0.2, 0.25) is 0 Å². The van der Waals surface area contributed by atoms with Gasteiger partial charge in [0.15, 0.2) is 0 Å². The Bertz CT molecular complexity index is 3470. The fourth-order valence-electron chi connectivity index (χ4n) is 12.3. The summed E-state index contributed by atoms with van der Waals surface area (Å²) in [5.74, 6) is 0.857. The van der Waals surface area contributed by atoms with Gasteiger partial charge >= 0.3 is 0 Å². The molecule has 1 aromatic heterocycles. The Morgan fingerprint density at radius 1 is 0.515 bits per heavy atom. The van der Waals surface area contributed by atoms with Crippen molar-refractivity contribution in [3.63, 3.8) is 0 Å². The SMILES string of the molecule is CC1(C)c2cc(N(c3ccc(C4C=CC=CC4)cc3)c3ccc4c(c3)C(c3ccccc3)(c3ccccc3)c3cc(-n5ccc6c7ccccc7ccc65)ccc3-4)ccc2C2=CC=CCC21. The molecule has 13 rings (SSSR count). The van der Waals surface area contributed by atoms with E-state index in [0.29, 0.717) is 11.8 Å². The third-order valence-corrected chi connectivity index (χ3v) is 15.5. The van der Waals surface area contributed by atoms with Crippen LogP contribution in [0, 0.1) is 5.92 Å². The third kappa shape index (κ3) is 5.74. The minimum Gasteiger partial charge on any atom is -0.317 e. The van der Waals surface area contributed by atoms with E-state index in [0.717, 1.165) is 29.9 Å². The lowest BCUT2D eigenvalue weighted by atomic mass is 9.67. The molecule has 0 radical (unpaired) electrons.